The van der Waals surface area contributed by atoms with Crippen LogP contribution in [-0.4, -0.2) is 4.98 Å². The van der Waals surface area contributed by atoms with Gasteiger partial charge in [0.2, 0.25) is 0 Å². The van der Waals surface area contributed by atoms with Gasteiger partial charge in [0.15, 0.2) is 11.6 Å². The van der Waals surface area contributed by atoms with Gasteiger partial charge in [-0.25, -0.2) is 8.78 Å². The summed E-state index contributed by atoms with van der Waals surface area (Å²) in [5, 5.41) is 9.09. The van der Waals surface area contributed by atoms with Crippen molar-refractivity contribution in [3.8, 4) is 17.3 Å². The second-order valence-electron chi connectivity index (χ2n) is 4.75. The minimum atomic E-state index is -0.890. The maximum Gasteiger partial charge on any atom is 0.159 e. The molecule has 0 bridgehead atoms. The van der Waals surface area contributed by atoms with Crippen LogP contribution in [0, 0.1) is 23.0 Å². The summed E-state index contributed by atoms with van der Waals surface area (Å²) in [5.74, 6) is -1.76. The van der Waals surface area contributed by atoms with Crippen LogP contribution in [0.2, 0.25) is 0 Å². The highest BCUT2D eigenvalue weighted by atomic mass is 19.2. The Hall–Kier alpha value is -2.28. The predicted molar refractivity (Wildman–Crippen MR) is 66.1 cm³/mol. The Morgan fingerprint density at radius 1 is 1.11 bits per heavy atom. The first kappa shape index (κ1) is 11.8. The first-order valence-electron chi connectivity index (χ1n) is 5.98. The molecule has 0 radical (unpaired) electrons. The van der Waals surface area contributed by atoms with Crippen molar-refractivity contribution in [3.63, 3.8) is 0 Å². The summed E-state index contributed by atoms with van der Waals surface area (Å²) < 4.78 is 26.0. The Bertz CT molecular complexity index is 668. The van der Waals surface area contributed by atoms with Crippen LogP contribution in [0.25, 0.3) is 11.3 Å². The molecule has 94 valence electrons. The van der Waals surface area contributed by atoms with Gasteiger partial charge >= 0.3 is 0 Å². The molecule has 1 aromatic carbocycles. The number of rotatable bonds is 2. The predicted octanol–water partition coefficient (Wildman–Crippen LogP) is 3.58. The Morgan fingerprint density at radius 2 is 1.89 bits per heavy atom. The summed E-state index contributed by atoms with van der Waals surface area (Å²) >= 11 is 0. The van der Waals surface area contributed by atoms with Crippen molar-refractivity contribution >= 4 is 0 Å². The molecule has 0 spiro atoms. The lowest BCUT2D eigenvalue weighted by Gasteiger charge is -2.07. The molecular formula is C15H10F2N2. The first-order valence-corrected chi connectivity index (χ1v) is 5.98. The fraction of sp³-hybridized carbons (Fsp3) is 0.200. The molecule has 2 aromatic rings. The number of nitriles is 1. The molecule has 0 saturated heterocycles. The van der Waals surface area contributed by atoms with Crippen molar-refractivity contribution in [2.75, 3.05) is 0 Å². The van der Waals surface area contributed by atoms with Crippen molar-refractivity contribution in [2.24, 2.45) is 0 Å². The van der Waals surface area contributed by atoms with Gasteiger partial charge in [-0.1, -0.05) is 6.07 Å². The molecule has 2 nitrogen and oxygen atoms in total. The number of pyridine rings is 1. The molecular weight excluding hydrogens is 246 g/mol. The molecule has 0 unspecified atom stereocenters. The van der Waals surface area contributed by atoms with Crippen LogP contribution < -0.4 is 0 Å². The molecule has 4 heteroatoms. The van der Waals surface area contributed by atoms with Crippen molar-refractivity contribution in [1.29, 1.82) is 5.26 Å². The van der Waals surface area contributed by atoms with Crippen LogP contribution in [0.1, 0.15) is 18.4 Å². The monoisotopic (exact) mass is 256 g/mol. The van der Waals surface area contributed by atoms with Gasteiger partial charge < -0.3 is 0 Å². The molecule has 1 aromatic heterocycles. The van der Waals surface area contributed by atoms with Crippen molar-refractivity contribution in [1.82, 2.24) is 4.98 Å². The highest BCUT2D eigenvalue weighted by molar-refractivity contribution is 5.59. The van der Waals surface area contributed by atoms with Gasteiger partial charge in [-0.3, -0.25) is 4.98 Å². The van der Waals surface area contributed by atoms with Gasteiger partial charge in [0.25, 0.3) is 0 Å². The number of aromatic nitrogens is 1. The van der Waals surface area contributed by atoms with E-state index in [1.54, 1.807) is 12.3 Å². The maximum absolute atomic E-state index is 13.2. The van der Waals surface area contributed by atoms with E-state index in [1.165, 1.54) is 6.07 Å². The number of hydrogen-bond acceptors (Lipinski definition) is 2. The Kier molecular flexibility index (Phi) is 2.56. The molecule has 1 aliphatic carbocycles. The molecule has 3 rings (SSSR count). The Labute approximate surface area is 109 Å². The third-order valence-electron chi connectivity index (χ3n) is 3.50. The van der Waals surface area contributed by atoms with Gasteiger partial charge in [-0.05, 0) is 42.7 Å². The Balaban J connectivity index is 1.95. The fourth-order valence-corrected chi connectivity index (χ4v) is 2.09. The summed E-state index contributed by atoms with van der Waals surface area (Å²) in [6, 6.07) is 9.55. The van der Waals surface area contributed by atoms with Crippen LogP contribution in [0.5, 0.6) is 0 Å². The molecule has 0 aliphatic heterocycles. The van der Waals surface area contributed by atoms with E-state index < -0.39 is 11.6 Å². The van der Waals surface area contributed by atoms with Crippen LogP contribution in [0.3, 0.4) is 0 Å². The summed E-state index contributed by atoms with van der Waals surface area (Å²) in [5.41, 5.74) is 1.60. The lowest BCUT2D eigenvalue weighted by atomic mass is 9.99. The number of nitrogens with zero attached hydrogens (tertiary/aromatic N) is 2. The largest absolute Gasteiger partial charge is 0.256 e. The van der Waals surface area contributed by atoms with Gasteiger partial charge in [-0.2, -0.15) is 5.26 Å². The molecule has 1 saturated carbocycles. The second-order valence-corrected chi connectivity index (χ2v) is 4.75. The minimum absolute atomic E-state index is 0.375. The van der Waals surface area contributed by atoms with Crippen LogP contribution in [0.4, 0.5) is 8.78 Å². The molecule has 1 aliphatic rings. The normalized spacial score (nSPS) is 15.8. The molecule has 0 atom stereocenters. The summed E-state index contributed by atoms with van der Waals surface area (Å²) in [4.78, 5) is 4.23. The smallest absolute Gasteiger partial charge is 0.159 e. The van der Waals surface area contributed by atoms with Crippen LogP contribution in [0.15, 0.2) is 36.5 Å². The lowest BCUT2D eigenvalue weighted by Crippen LogP contribution is -2.03. The summed E-state index contributed by atoms with van der Waals surface area (Å²) in [6.07, 6.45) is 3.36. The number of halogens is 2. The van der Waals surface area contributed by atoms with Crippen LogP contribution >= 0.6 is 0 Å². The topological polar surface area (TPSA) is 36.7 Å². The van der Waals surface area contributed by atoms with Gasteiger partial charge in [0.05, 0.1) is 17.2 Å². The third kappa shape index (κ3) is 1.97. The van der Waals surface area contributed by atoms with Crippen molar-refractivity contribution in [3.05, 3.63) is 53.7 Å². The van der Waals surface area contributed by atoms with Gasteiger partial charge in [-0.15, -0.1) is 0 Å². The third-order valence-corrected chi connectivity index (χ3v) is 3.50. The molecule has 0 amide bonds. The SMILES string of the molecule is N#CC1(c2ccc(-c3ccc(F)c(F)c3)nc2)CC1. The lowest BCUT2D eigenvalue weighted by molar-refractivity contribution is 0.509. The summed E-state index contributed by atoms with van der Waals surface area (Å²) in [7, 11) is 0. The zero-order valence-corrected chi connectivity index (χ0v) is 10.0. The molecule has 19 heavy (non-hydrogen) atoms. The number of hydrogen-bond donors (Lipinski definition) is 0. The van der Waals surface area contributed by atoms with E-state index in [1.807, 2.05) is 6.07 Å². The van der Waals surface area contributed by atoms with E-state index in [9.17, 15) is 8.78 Å². The van der Waals surface area contributed by atoms with Crippen molar-refractivity contribution < 1.29 is 8.78 Å². The van der Waals surface area contributed by atoms with Gasteiger partial charge in [0, 0.05) is 11.8 Å². The van der Waals surface area contributed by atoms with E-state index in [-0.39, 0.29) is 5.41 Å². The zero-order chi connectivity index (χ0) is 13.5. The maximum atomic E-state index is 13.2. The van der Waals surface area contributed by atoms with E-state index in [0.29, 0.717) is 11.3 Å². The average Bonchev–Trinajstić information content (AvgIpc) is 3.23. The fourth-order valence-electron chi connectivity index (χ4n) is 2.09. The molecule has 1 heterocycles. The second kappa shape index (κ2) is 4.13. The van der Waals surface area contributed by atoms with Crippen LogP contribution in [-0.2, 0) is 5.41 Å². The van der Waals surface area contributed by atoms with Gasteiger partial charge in [0.1, 0.15) is 0 Å². The van der Waals surface area contributed by atoms with E-state index >= 15 is 0 Å². The zero-order valence-electron chi connectivity index (χ0n) is 10.0. The molecule has 1 fully saturated rings. The Morgan fingerprint density at radius 3 is 2.42 bits per heavy atom. The highest BCUT2D eigenvalue weighted by Crippen LogP contribution is 2.47. The quantitative estimate of drug-likeness (QED) is 0.823. The number of benzene rings is 1. The standard InChI is InChI=1S/C15H10F2N2/c16-12-3-1-10(7-13(12)17)14-4-2-11(8-19-14)15(9-18)5-6-15/h1-4,7-8H,5-6H2. The first-order chi connectivity index (χ1) is 9.14. The van der Waals surface area contributed by atoms with E-state index in [4.69, 9.17) is 5.26 Å². The van der Waals surface area contributed by atoms with E-state index in [0.717, 1.165) is 30.5 Å². The summed E-state index contributed by atoms with van der Waals surface area (Å²) in [6.45, 7) is 0. The average molecular weight is 256 g/mol. The minimum Gasteiger partial charge on any atom is -0.256 e. The van der Waals surface area contributed by atoms with Crippen molar-refractivity contribution in [2.45, 2.75) is 18.3 Å². The van der Waals surface area contributed by atoms with E-state index in [2.05, 4.69) is 11.1 Å². The molecule has 0 N–H and O–H groups in total. The highest BCUT2D eigenvalue weighted by Gasteiger charge is 2.45.